The van der Waals surface area contributed by atoms with Gasteiger partial charge in [-0.25, -0.2) is 0 Å². The summed E-state index contributed by atoms with van der Waals surface area (Å²) in [6.45, 7) is 0. The summed E-state index contributed by atoms with van der Waals surface area (Å²) in [4.78, 5) is 12.1. The van der Waals surface area contributed by atoms with E-state index < -0.39 is 0 Å². The highest BCUT2D eigenvalue weighted by Crippen LogP contribution is 2.23. The molecule has 0 bridgehead atoms. The molecule has 3 N–H and O–H groups in total. The van der Waals surface area contributed by atoms with Gasteiger partial charge in [0.15, 0.2) is 0 Å². The molecule has 2 rings (SSSR count). The van der Waals surface area contributed by atoms with E-state index in [1.54, 1.807) is 36.4 Å². The van der Waals surface area contributed by atoms with E-state index in [2.05, 4.69) is 37.2 Å². The molecule has 0 saturated carbocycles. The number of halogens is 2. The van der Waals surface area contributed by atoms with E-state index in [1.807, 2.05) is 6.07 Å². The van der Waals surface area contributed by atoms with Gasteiger partial charge in [-0.2, -0.15) is 5.26 Å². The van der Waals surface area contributed by atoms with Gasteiger partial charge >= 0.3 is 0 Å². The molecule has 1 amide bonds. The third kappa shape index (κ3) is 3.18. The van der Waals surface area contributed by atoms with E-state index in [0.717, 1.165) is 8.95 Å². The first kappa shape index (κ1) is 14.6. The molecule has 6 heteroatoms. The predicted molar refractivity (Wildman–Crippen MR) is 85.4 cm³/mol. The molecule has 0 aromatic heterocycles. The SMILES string of the molecule is N#Cc1cc(Br)ccc1NC(=O)c1ccc(Br)c(N)c1. The van der Waals surface area contributed by atoms with Gasteiger partial charge in [0, 0.05) is 20.2 Å². The Morgan fingerprint density at radius 3 is 2.60 bits per heavy atom. The molecule has 0 spiro atoms. The first-order valence-electron chi connectivity index (χ1n) is 5.57. The van der Waals surface area contributed by atoms with Crippen molar-refractivity contribution in [2.24, 2.45) is 0 Å². The first-order valence-corrected chi connectivity index (χ1v) is 7.16. The molecule has 0 saturated heterocycles. The number of nitrogen functional groups attached to an aromatic ring is 1. The van der Waals surface area contributed by atoms with Crippen molar-refractivity contribution in [1.29, 1.82) is 5.26 Å². The molecule has 2 aromatic rings. The van der Waals surface area contributed by atoms with E-state index in [1.165, 1.54) is 0 Å². The predicted octanol–water partition coefficient (Wildman–Crippen LogP) is 3.92. The van der Waals surface area contributed by atoms with Crippen molar-refractivity contribution in [1.82, 2.24) is 0 Å². The fourth-order valence-electron chi connectivity index (χ4n) is 1.60. The molecular weight excluding hydrogens is 386 g/mol. The second-order valence-corrected chi connectivity index (χ2v) is 5.76. The standard InChI is InChI=1S/C14H9Br2N3O/c15-10-2-4-13(9(5-10)7-17)19-14(20)8-1-3-11(16)12(18)6-8/h1-6H,18H2,(H,19,20). The Balaban J connectivity index is 2.28. The fraction of sp³-hybridized carbons (Fsp3) is 0. The summed E-state index contributed by atoms with van der Waals surface area (Å²) in [5.74, 6) is -0.317. The van der Waals surface area contributed by atoms with Crippen molar-refractivity contribution in [3.8, 4) is 6.07 Å². The zero-order valence-electron chi connectivity index (χ0n) is 10.2. The number of nitrogens with two attached hydrogens (primary N) is 1. The van der Waals surface area contributed by atoms with Crippen molar-refractivity contribution in [3.63, 3.8) is 0 Å². The summed E-state index contributed by atoms with van der Waals surface area (Å²) in [5, 5.41) is 11.8. The van der Waals surface area contributed by atoms with Crippen molar-refractivity contribution >= 4 is 49.1 Å². The molecule has 0 fully saturated rings. The van der Waals surface area contributed by atoms with Gasteiger partial charge in [0.25, 0.3) is 5.91 Å². The number of nitriles is 1. The summed E-state index contributed by atoms with van der Waals surface area (Å²) in [7, 11) is 0. The number of benzene rings is 2. The van der Waals surface area contributed by atoms with Gasteiger partial charge in [0.05, 0.1) is 11.3 Å². The molecule has 4 nitrogen and oxygen atoms in total. The van der Waals surface area contributed by atoms with Crippen LogP contribution in [0.15, 0.2) is 45.3 Å². The largest absolute Gasteiger partial charge is 0.398 e. The van der Waals surface area contributed by atoms with Crippen molar-refractivity contribution in [3.05, 3.63) is 56.5 Å². The normalized spacial score (nSPS) is 9.85. The molecule has 2 aromatic carbocycles. The maximum absolute atomic E-state index is 12.1. The summed E-state index contributed by atoms with van der Waals surface area (Å²) < 4.78 is 1.51. The third-order valence-corrected chi connectivity index (χ3v) is 3.82. The van der Waals surface area contributed by atoms with Gasteiger partial charge < -0.3 is 11.1 Å². The molecule has 0 aliphatic rings. The highest BCUT2D eigenvalue weighted by atomic mass is 79.9. The van der Waals surface area contributed by atoms with Crippen LogP contribution in [0, 0.1) is 11.3 Å². The lowest BCUT2D eigenvalue weighted by Gasteiger charge is -2.08. The molecule has 0 atom stereocenters. The number of nitrogens with one attached hydrogen (secondary N) is 1. The molecule has 100 valence electrons. The van der Waals surface area contributed by atoms with Crippen LogP contribution in [-0.4, -0.2) is 5.91 Å². The van der Waals surface area contributed by atoms with Gasteiger partial charge in [0.2, 0.25) is 0 Å². The van der Waals surface area contributed by atoms with Gasteiger partial charge in [-0.1, -0.05) is 15.9 Å². The van der Waals surface area contributed by atoms with E-state index in [-0.39, 0.29) is 5.91 Å². The number of rotatable bonds is 2. The van der Waals surface area contributed by atoms with Crippen LogP contribution in [0.4, 0.5) is 11.4 Å². The van der Waals surface area contributed by atoms with Gasteiger partial charge in [0.1, 0.15) is 6.07 Å². The number of carbonyl (C=O) groups is 1. The zero-order chi connectivity index (χ0) is 14.7. The topological polar surface area (TPSA) is 78.9 Å². The van der Waals surface area contributed by atoms with Crippen molar-refractivity contribution in [2.75, 3.05) is 11.1 Å². The van der Waals surface area contributed by atoms with Crippen LogP contribution in [0.1, 0.15) is 15.9 Å². The molecule has 0 heterocycles. The Labute approximate surface area is 132 Å². The van der Waals surface area contributed by atoms with E-state index >= 15 is 0 Å². The number of anilines is 2. The van der Waals surface area contributed by atoms with Crippen LogP contribution < -0.4 is 11.1 Å². The highest BCUT2D eigenvalue weighted by Gasteiger charge is 2.10. The smallest absolute Gasteiger partial charge is 0.255 e. The molecule has 0 radical (unpaired) electrons. The molecule has 0 aliphatic carbocycles. The number of nitrogens with zero attached hydrogens (tertiary/aromatic N) is 1. The Bertz CT molecular complexity index is 723. The monoisotopic (exact) mass is 393 g/mol. The maximum Gasteiger partial charge on any atom is 0.255 e. The van der Waals surface area contributed by atoms with Crippen molar-refractivity contribution in [2.45, 2.75) is 0 Å². The molecular formula is C14H9Br2N3O. The minimum Gasteiger partial charge on any atom is -0.398 e. The van der Waals surface area contributed by atoms with Crippen LogP contribution in [0.25, 0.3) is 0 Å². The number of hydrogen-bond donors (Lipinski definition) is 2. The summed E-state index contributed by atoms with van der Waals surface area (Å²) >= 11 is 6.55. The quantitative estimate of drug-likeness (QED) is 0.757. The van der Waals surface area contributed by atoms with Gasteiger partial charge in [-0.05, 0) is 52.3 Å². The van der Waals surface area contributed by atoms with Crippen LogP contribution in [0.2, 0.25) is 0 Å². The van der Waals surface area contributed by atoms with Crippen LogP contribution in [0.3, 0.4) is 0 Å². The summed E-state index contributed by atoms with van der Waals surface area (Å²) in [5.41, 5.74) is 7.50. The first-order chi connectivity index (χ1) is 9.51. The molecule has 0 aliphatic heterocycles. The minimum atomic E-state index is -0.317. The van der Waals surface area contributed by atoms with E-state index in [4.69, 9.17) is 11.0 Å². The van der Waals surface area contributed by atoms with Crippen LogP contribution >= 0.6 is 31.9 Å². The van der Waals surface area contributed by atoms with E-state index in [0.29, 0.717) is 22.5 Å². The lowest BCUT2D eigenvalue weighted by molar-refractivity contribution is 0.102. The van der Waals surface area contributed by atoms with Crippen LogP contribution in [-0.2, 0) is 0 Å². The Morgan fingerprint density at radius 2 is 1.95 bits per heavy atom. The number of hydrogen-bond acceptors (Lipinski definition) is 3. The zero-order valence-corrected chi connectivity index (χ0v) is 13.3. The lowest BCUT2D eigenvalue weighted by Crippen LogP contribution is -2.13. The highest BCUT2D eigenvalue weighted by molar-refractivity contribution is 9.10. The lowest BCUT2D eigenvalue weighted by atomic mass is 10.1. The Hall–Kier alpha value is -1.84. The van der Waals surface area contributed by atoms with Gasteiger partial charge in [-0.3, -0.25) is 4.79 Å². The fourth-order valence-corrected chi connectivity index (χ4v) is 2.21. The minimum absolute atomic E-state index is 0.317. The Kier molecular flexibility index (Phi) is 4.42. The second kappa shape index (κ2) is 6.07. The van der Waals surface area contributed by atoms with Gasteiger partial charge in [-0.15, -0.1) is 0 Å². The third-order valence-electron chi connectivity index (χ3n) is 2.61. The Morgan fingerprint density at radius 1 is 1.20 bits per heavy atom. The van der Waals surface area contributed by atoms with Crippen molar-refractivity contribution < 1.29 is 4.79 Å². The number of amides is 1. The molecule has 20 heavy (non-hydrogen) atoms. The average Bonchev–Trinajstić information content (AvgIpc) is 2.43. The summed E-state index contributed by atoms with van der Waals surface area (Å²) in [6.07, 6.45) is 0. The average molecular weight is 395 g/mol. The second-order valence-electron chi connectivity index (χ2n) is 3.99. The van der Waals surface area contributed by atoms with E-state index in [9.17, 15) is 4.79 Å². The summed E-state index contributed by atoms with van der Waals surface area (Å²) in [6, 6.07) is 12.0. The number of carbonyl (C=O) groups excluding carboxylic acids is 1. The van der Waals surface area contributed by atoms with Crippen LogP contribution in [0.5, 0.6) is 0 Å². The maximum atomic E-state index is 12.1. The molecule has 0 unspecified atom stereocenters.